The number of furan rings is 1. The fourth-order valence-corrected chi connectivity index (χ4v) is 3.74. The van der Waals surface area contributed by atoms with E-state index in [0.29, 0.717) is 25.5 Å². The molecule has 6 heteroatoms. The average Bonchev–Trinajstić information content (AvgIpc) is 3.23. The molecule has 0 saturated heterocycles. The Hall–Kier alpha value is -3.25. The van der Waals surface area contributed by atoms with Gasteiger partial charge in [-0.05, 0) is 56.5 Å². The summed E-state index contributed by atoms with van der Waals surface area (Å²) in [5.41, 5.74) is 5.27. The zero-order valence-corrected chi connectivity index (χ0v) is 19.4. The quantitative estimate of drug-likeness (QED) is 0.341. The van der Waals surface area contributed by atoms with E-state index in [0.717, 1.165) is 51.0 Å². The molecule has 0 fully saturated rings. The Morgan fingerprint density at radius 1 is 1.19 bits per heavy atom. The minimum Gasteiger partial charge on any atom is -0.497 e. The number of benzene rings is 2. The first kappa shape index (κ1) is 23.4. The summed E-state index contributed by atoms with van der Waals surface area (Å²) in [6.07, 6.45) is 4.13. The highest BCUT2D eigenvalue weighted by Gasteiger charge is 2.19. The third-order valence-electron chi connectivity index (χ3n) is 5.37. The number of allylic oxidation sites excluding steroid dienone is 1. The van der Waals surface area contributed by atoms with E-state index in [1.54, 1.807) is 26.6 Å². The summed E-state index contributed by atoms with van der Waals surface area (Å²) in [4.78, 5) is 12.4. The molecule has 0 saturated carbocycles. The minimum absolute atomic E-state index is 0.140. The van der Waals surface area contributed by atoms with Crippen LogP contribution in [0.25, 0.3) is 27.7 Å². The van der Waals surface area contributed by atoms with Crippen molar-refractivity contribution in [3.05, 3.63) is 53.8 Å². The molecule has 0 aliphatic carbocycles. The lowest BCUT2D eigenvalue weighted by molar-refractivity contribution is -0.116. The van der Waals surface area contributed by atoms with Crippen LogP contribution >= 0.6 is 0 Å². The van der Waals surface area contributed by atoms with E-state index in [4.69, 9.17) is 18.6 Å². The molecule has 170 valence electrons. The lowest BCUT2D eigenvalue weighted by Crippen LogP contribution is -2.23. The van der Waals surface area contributed by atoms with Crippen molar-refractivity contribution in [2.75, 3.05) is 34.0 Å². The van der Waals surface area contributed by atoms with Crippen LogP contribution in [0.2, 0.25) is 0 Å². The van der Waals surface area contributed by atoms with Gasteiger partial charge in [0.1, 0.15) is 17.1 Å². The second-order valence-corrected chi connectivity index (χ2v) is 7.51. The van der Waals surface area contributed by atoms with Gasteiger partial charge in [-0.3, -0.25) is 4.79 Å². The van der Waals surface area contributed by atoms with E-state index in [9.17, 15) is 4.79 Å². The molecule has 0 unspecified atom stereocenters. The number of carbonyl (C=O) groups is 1. The van der Waals surface area contributed by atoms with Crippen molar-refractivity contribution in [3.63, 3.8) is 0 Å². The molecule has 0 aliphatic rings. The SMILES string of the molecule is CCOCCCNC(=O)/C=C(\C)c1cc2c(-c3cccc(OC)c3)coc2c(C)c1OC. The first-order valence-corrected chi connectivity index (χ1v) is 10.8. The van der Waals surface area contributed by atoms with Crippen molar-refractivity contribution in [2.45, 2.75) is 27.2 Å². The minimum atomic E-state index is -0.140. The van der Waals surface area contributed by atoms with Crippen LogP contribution in [0.5, 0.6) is 11.5 Å². The van der Waals surface area contributed by atoms with Gasteiger partial charge in [0.2, 0.25) is 5.91 Å². The van der Waals surface area contributed by atoms with Gasteiger partial charge >= 0.3 is 0 Å². The number of amides is 1. The summed E-state index contributed by atoms with van der Waals surface area (Å²) >= 11 is 0. The molecular weight excluding hydrogens is 406 g/mol. The molecule has 0 bridgehead atoms. The van der Waals surface area contributed by atoms with Crippen molar-refractivity contribution in [3.8, 4) is 22.6 Å². The molecule has 32 heavy (non-hydrogen) atoms. The van der Waals surface area contributed by atoms with Crippen LogP contribution in [0.4, 0.5) is 0 Å². The normalized spacial score (nSPS) is 11.6. The van der Waals surface area contributed by atoms with E-state index in [1.807, 2.05) is 51.1 Å². The van der Waals surface area contributed by atoms with Gasteiger partial charge in [0, 0.05) is 47.9 Å². The number of rotatable bonds is 10. The summed E-state index contributed by atoms with van der Waals surface area (Å²) in [6, 6.07) is 9.87. The molecule has 3 rings (SSSR count). The van der Waals surface area contributed by atoms with Crippen LogP contribution in [0.15, 0.2) is 47.1 Å². The van der Waals surface area contributed by atoms with E-state index < -0.39 is 0 Å². The Labute approximate surface area is 189 Å². The Bertz CT molecular complexity index is 1110. The second kappa shape index (κ2) is 10.9. The molecule has 6 nitrogen and oxygen atoms in total. The summed E-state index contributed by atoms with van der Waals surface area (Å²) < 4.78 is 22.3. The van der Waals surface area contributed by atoms with Gasteiger partial charge in [-0.2, -0.15) is 0 Å². The smallest absolute Gasteiger partial charge is 0.244 e. The standard InChI is InChI=1S/C26H31NO5/c1-6-31-12-8-11-27-24(28)13-17(2)21-15-22-23(19-9-7-10-20(14-19)29-4)16-32-26(22)18(3)25(21)30-5/h7,9-10,13-16H,6,8,11-12H2,1-5H3,(H,27,28)/b17-13+. The zero-order chi connectivity index (χ0) is 23.1. The predicted octanol–water partition coefficient (Wildman–Crippen LogP) is 5.37. The third-order valence-corrected chi connectivity index (χ3v) is 5.37. The average molecular weight is 438 g/mol. The summed E-state index contributed by atoms with van der Waals surface area (Å²) in [5, 5.41) is 3.86. The number of nitrogens with one attached hydrogen (secondary N) is 1. The maximum Gasteiger partial charge on any atom is 0.244 e. The number of carbonyl (C=O) groups excluding carboxylic acids is 1. The largest absolute Gasteiger partial charge is 0.497 e. The maximum absolute atomic E-state index is 12.4. The van der Waals surface area contributed by atoms with Gasteiger partial charge in [-0.25, -0.2) is 0 Å². The highest BCUT2D eigenvalue weighted by Crippen LogP contribution is 2.41. The van der Waals surface area contributed by atoms with Gasteiger partial charge in [0.05, 0.1) is 20.5 Å². The molecule has 0 radical (unpaired) electrons. The predicted molar refractivity (Wildman–Crippen MR) is 127 cm³/mol. The van der Waals surface area contributed by atoms with Crippen molar-refractivity contribution >= 4 is 22.4 Å². The third kappa shape index (κ3) is 5.14. The lowest BCUT2D eigenvalue weighted by atomic mass is 9.96. The molecule has 0 aliphatic heterocycles. The zero-order valence-electron chi connectivity index (χ0n) is 19.4. The molecule has 2 aromatic carbocycles. The summed E-state index contributed by atoms with van der Waals surface area (Å²) in [7, 11) is 3.28. The van der Waals surface area contributed by atoms with Gasteiger partial charge in [-0.15, -0.1) is 0 Å². The number of fused-ring (bicyclic) bond motifs is 1. The Morgan fingerprint density at radius 3 is 2.72 bits per heavy atom. The topological polar surface area (TPSA) is 69.9 Å². The Kier molecular flexibility index (Phi) is 7.95. The Balaban J connectivity index is 1.96. The van der Waals surface area contributed by atoms with E-state index in [1.165, 1.54) is 0 Å². The monoisotopic (exact) mass is 437 g/mol. The first-order valence-electron chi connectivity index (χ1n) is 10.8. The molecule has 1 heterocycles. The highest BCUT2D eigenvalue weighted by atomic mass is 16.5. The number of methoxy groups -OCH3 is 2. The van der Waals surface area contributed by atoms with Gasteiger partial charge in [-0.1, -0.05) is 12.1 Å². The van der Waals surface area contributed by atoms with Gasteiger partial charge in [0.15, 0.2) is 0 Å². The van der Waals surface area contributed by atoms with Crippen molar-refractivity contribution in [2.24, 2.45) is 0 Å². The van der Waals surface area contributed by atoms with Crippen LogP contribution in [0.3, 0.4) is 0 Å². The second-order valence-electron chi connectivity index (χ2n) is 7.51. The van der Waals surface area contributed by atoms with Crippen molar-refractivity contribution < 1.29 is 23.4 Å². The number of ether oxygens (including phenoxy) is 3. The maximum atomic E-state index is 12.4. The van der Waals surface area contributed by atoms with E-state index >= 15 is 0 Å². The molecule has 0 atom stereocenters. The van der Waals surface area contributed by atoms with E-state index in [-0.39, 0.29) is 5.91 Å². The van der Waals surface area contributed by atoms with Gasteiger partial charge < -0.3 is 23.9 Å². The molecular formula is C26H31NO5. The highest BCUT2D eigenvalue weighted by molar-refractivity contribution is 6.01. The van der Waals surface area contributed by atoms with Gasteiger partial charge in [0.25, 0.3) is 0 Å². The van der Waals surface area contributed by atoms with Crippen LogP contribution < -0.4 is 14.8 Å². The lowest BCUT2D eigenvalue weighted by Gasteiger charge is -2.13. The number of hydrogen-bond donors (Lipinski definition) is 1. The molecule has 3 aromatic rings. The van der Waals surface area contributed by atoms with E-state index in [2.05, 4.69) is 5.32 Å². The molecule has 1 amide bonds. The summed E-state index contributed by atoms with van der Waals surface area (Å²) in [6.45, 7) is 7.71. The van der Waals surface area contributed by atoms with Crippen LogP contribution in [-0.4, -0.2) is 39.9 Å². The first-order chi connectivity index (χ1) is 15.5. The van der Waals surface area contributed by atoms with Crippen LogP contribution in [0.1, 0.15) is 31.4 Å². The number of aryl methyl sites for hydroxylation is 1. The number of hydrogen-bond acceptors (Lipinski definition) is 5. The van der Waals surface area contributed by atoms with Crippen LogP contribution in [0, 0.1) is 6.92 Å². The Morgan fingerprint density at radius 2 is 2.00 bits per heavy atom. The fraction of sp³-hybridized carbons (Fsp3) is 0.346. The molecule has 1 aromatic heterocycles. The fourth-order valence-electron chi connectivity index (χ4n) is 3.74. The summed E-state index contributed by atoms with van der Waals surface area (Å²) in [5.74, 6) is 1.33. The molecule has 1 N–H and O–H groups in total. The molecule has 0 spiro atoms. The van der Waals surface area contributed by atoms with Crippen molar-refractivity contribution in [1.29, 1.82) is 0 Å². The van der Waals surface area contributed by atoms with Crippen LogP contribution in [-0.2, 0) is 9.53 Å². The van der Waals surface area contributed by atoms with Crippen molar-refractivity contribution in [1.82, 2.24) is 5.32 Å².